The lowest BCUT2D eigenvalue weighted by atomic mass is 10.2. The molecule has 6 heteroatoms. The molecule has 0 aliphatic rings. The molecule has 0 spiro atoms. The maximum absolute atomic E-state index is 11.6. The minimum Gasteiger partial charge on any atom is -0.329 e. The summed E-state index contributed by atoms with van der Waals surface area (Å²) in [6, 6.07) is 5.38. The van der Waals surface area contributed by atoms with Crippen LogP contribution in [0, 0.1) is 29.6 Å². The number of pyridine rings is 1. The van der Waals surface area contributed by atoms with Gasteiger partial charge in [0.15, 0.2) is 11.4 Å². The summed E-state index contributed by atoms with van der Waals surface area (Å²) in [7, 11) is 1.64. The van der Waals surface area contributed by atoms with Gasteiger partial charge in [-0.25, -0.2) is 4.98 Å². The fourth-order valence-corrected chi connectivity index (χ4v) is 1.68. The van der Waals surface area contributed by atoms with Crippen LogP contribution in [0.3, 0.4) is 0 Å². The quantitative estimate of drug-likeness (QED) is 0.796. The number of hydrogen-bond acceptors (Lipinski definition) is 4. The second-order valence-electron chi connectivity index (χ2n) is 3.86. The molecule has 2 aromatic heterocycles. The Morgan fingerprint density at radius 3 is 2.61 bits per heavy atom. The number of aromatic nitrogens is 3. The van der Waals surface area contributed by atoms with Gasteiger partial charge in [-0.15, -0.1) is 0 Å². The van der Waals surface area contributed by atoms with Gasteiger partial charge in [0.05, 0.1) is 0 Å². The Kier molecular flexibility index (Phi) is 2.70. The van der Waals surface area contributed by atoms with Crippen molar-refractivity contribution in [2.75, 3.05) is 0 Å². The van der Waals surface area contributed by atoms with Crippen LogP contribution in [-0.4, -0.2) is 14.5 Å². The van der Waals surface area contributed by atoms with Crippen molar-refractivity contribution in [3.8, 4) is 23.5 Å². The van der Waals surface area contributed by atoms with Crippen LogP contribution >= 0.6 is 0 Å². The molecule has 0 aromatic carbocycles. The smallest absolute Gasteiger partial charge is 0.253 e. The van der Waals surface area contributed by atoms with Gasteiger partial charge >= 0.3 is 0 Å². The van der Waals surface area contributed by atoms with E-state index in [1.165, 1.54) is 4.57 Å². The van der Waals surface area contributed by atoms with E-state index in [-0.39, 0.29) is 16.9 Å². The third-order valence-corrected chi connectivity index (χ3v) is 2.56. The molecule has 6 nitrogen and oxygen atoms in total. The highest BCUT2D eigenvalue weighted by Gasteiger charge is 2.12. The molecule has 0 aliphatic carbocycles. The van der Waals surface area contributed by atoms with Crippen molar-refractivity contribution >= 4 is 0 Å². The van der Waals surface area contributed by atoms with Crippen LogP contribution in [0.15, 0.2) is 17.1 Å². The van der Waals surface area contributed by atoms with E-state index in [1.807, 2.05) is 12.1 Å². The Morgan fingerprint density at radius 1 is 1.39 bits per heavy atom. The molecule has 18 heavy (non-hydrogen) atoms. The minimum absolute atomic E-state index is 0.0546. The number of nitrogens with zero attached hydrogens (tertiary/aromatic N) is 4. The fraction of sp³-hybridized carbons (Fsp3) is 0.167. The molecule has 88 valence electrons. The summed E-state index contributed by atoms with van der Waals surface area (Å²) in [5.41, 5.74) is 1.32. The summed E-state index contributed by atoms with van der Waals surface area (Å²) >= 11 is 0. The zero-order chi connectivity index (χ0) is 13.3. The first-order valence-electron chi connectivity index (χ1n) is 5.14. The highest BCUT2D eigenvalue weighted by molar-refractivity contribution is 5.58. The number of imidazole rings is 1. The summed E-state index contributed by atoms with van der Waals surface area (Å²) in [6.07, 6.45) is 1.61. The number of aryl methyl sites for hydroxylation is 2. The number of nitrogens with one attached hydrogen (secondary N) is 1. The van der Waals surface area contributed by atoms with Crippen LogP contribution in [0.1, 0.15) is 17.0 Å². The van der Waals surface area contributed by atoms with Crippen molar-refractivity contribution in [2.45, 2.75) is 6.92 Å². The van der Waals surface area contributed by atoms with Gasteiger partial charge in [0.1, 0.15) is 18.0 Å². The highest BCUT2D eigenvalue weighted by atomic mass is 16.1. The molecule has 0 aliphatic heterocycles. The van der Waals surface area contributed by atoms with Gasteiger partial charge < -0.3 is 9.55 Å². The maximum Gasteiger partial charge on any atom is 0.253 e. The van der Waals surface area contributed by atoms with Crippen LogP contribution in [0.5, 0.6) is 0 Å². The number of rotatable bonds is 1. The number of nitriles is 2. The molecule has 0 saturated carbocycles. The van der Waals surface area contributed by atoms with Gasteiger partial charge in [0.25, 0.3) is 5.56 Å². The van der Waals surface area contributed by atoms with E-state index in [2.05, 4.69) is 9.97 Å². The van der Waals surface area contributed by atoms with Crippen LogP contribution in [0.4, 0.5) is 0 Å². The number of hydrogen-bond donors (Lipinski definition) is 1. The Morgan fingerprint density at radius 2 is 2.11 bits per heavy atom. The van der Waals surface area contributed by atoms with Crippen LogP contribution in [0.25, 0.3) is 11.4 Å². The van der Waals surface area contributed by atoms with Crippen molar-refractivity contribution in [3.63, 3.8) is 0 Å². The SMILES string of the molecule is Cc1cc(-c2nc(C#N)c(C#N)[nH]2)cn(C)c1=O. The molecular formula is C12H9N5O. The highest BCUT2D eigenvalue weighted by Crippen LogP contribution is 2.17. The second-order valence-corrected chi connectivity index (χ2v) is 3.86. The molecule has 0 radical (unpaired) electrons. The average Bonchev–Trinajstić information content (AvgIpc) is 2.78. The Labute approximate surface area is 103 Å². The lowest BCUT2D eigenvalue weighted by Crippen LogP contribution is -2.18. The molecule has 1 N–H and O–H groups in total. The second kappa shape index (κ2) is 4.19. The summed E-state index contributed by atoms with van der Waals surface area (Å²) < 4.78 is 1.44. The predicted octanol–water partition coefficient (Wildman–Crippen LogP) is 0.827. The molecule has 0 bridgehead atoms. The molecule has 0 unspecified atom stereocenters. The van der Waals surface area contributed by atoms with Crippen molar-refractivity contribution in [1.82, 2.24) is 14.5 Å². The van der Waals surface area contributed by atoms with Crippen molar-refractivity contribution in [2.24, 2.45) is 7.05 Å². The average molecular weight is 239 g/mol. The van der Waals surface area contributed by atoms with E-state index in [4.69, 9.17) is 10.5 Å². The van der Waals surface area contributed by atoms with E-state index in [1.54, 1.807) is 26.2 Å². The van der Waals surface area contributed by atoms with E-state index in [9.17, 15) is 4.79 Å². The summed E-state index contributed by atoms with van der Waals surface area (Å²) in [6.45, 7) is 1.70. The third-order valence-electron chi connectivity index (χ3n) is 2.56. The van der Waals surface area contributed by atoms with Gasteiger partial charge in [0, 0.05) is 24.4 Å². The fourth-order valence-electron chi connectivity index (χ4n) is 1.68. The summed E-state index contributed by atoms with van der Waals surface area (Å²) in [5, 5.41) is 17.7. The maximum atomic E-state index is 11.6. The molecule has 2 aromatic rings. The lowest BCUT2D eigenvalue weighted by Gasteiger charge is -2.03. The monoisotopic (exact) mass is 239 g/mol. The van der Waals surface area contributed by atoms with Gasteiger partial charge in [0.2, 0.25) is 0 Å². The van der Waals surface area contributed by atoms with Gasteiger partial charge in [-0.05, 0) is 13.0 Å². The Balaban J connectivity index is 2.64. The number of aromatic amines is 1. The summed E-state index contributed by atoms with van der Waals surface area (Å²) in [4.78, 5) is 18.4. The zero-order valence-electron chi connectivity index (χ0n) is 9.85. The topological polar surface area (TPSA) is 98.3 Å². The first kappa shape index (κ1) is 11.6. The largest absolute Gasteiger partial charge is 0.329 e. The number of H-pyrrole nitrogens is 1. The van der Waals surface area contributed by atoms with Gasteiger partial charge in [-0.1, -0.05) is 0 Å². The molecular weight excluding hydrogens is 230 g/mol. The Hall–Kier alpha value is -2.86. The summed E-state index contributed by atoms with van der Waals surface area (Å²) in [5.74, 6) is 0.404. The molecule has 0 amide bonds. The van der Waals surface area contributed by atoms with E-state index >= 15 is 0 Å². The predicted molar refractivity (Wildman–Crippen MR) is 63.4 cm³/mol. The van der Waals surface area contributed by atoms with Crippen LogP contribution in [0.2, 0.25) is 0 Å². The molecule has 2 rings (SSSR count). The molecule has 0 atom stereocenters. The van der Waals surface area contributed by atoms with Crippen molar-refractivity contribution in [1.29, 1.82) is 10.5 Å². The van der Waals surface area contributed by atoms with Gasteiger partial charge in [-0.2, -0.15) is 10.5 Å². The van der Waals surface area contributed by atoms with Crippen molar-refractivity contribution in [3.05, 3.63) is 39.6 Å². The molecule has 0 fully saturated rings. The van der Waals surface area contributed by atoms with E-state index < -0.39 is 0 Å². The van der Waals surface area contributed by atoms with Crippen LogP contribution < -0.4 is 5.56 Å². The van der Waals surface area contributed by atoms with Crippen LogP contribution in [-0.2, 0) is 7.05 Å². The van der Waals surface area contributed by atoms with E-state index in [0.717, 1.165) is 0 Å². The lowest BCUT2D eigenvalue weighted by molar-refractivity contribution is 0.849. The van der Waals surface area contributed by atoms with E-state index in [0.29, 0.717) is 17.0 Å². The zero-order valence-corrected chi connectivity index (χ0v) is 9.85. The normalized spacial score (nSPS) is 9.78. The van der Waals surface area contributed by atoms with Crippen molar-refractivity contribution < 1.29 is 0 Å². The molecule has 0 saturated heterocycles. The molecule has 2 heterocycles. The van der Waals surface area contributed by atoms with Gasteiger partial charge in [-0.3, -0.25) is 4.79 Å². The minimum atomic E-state index is -0.0914. The first-order chi connectivity index (χ1) is 8.56. The first-order valence-corrected chi connectivity index (χ1v) is 5.14. The standard InChI is InChI=1S/C12H9N5O/c1-7-3-8(6-17(2)12(7)18)11-15-9(4-13)10(5-14)16-11/h3,6H,1-2H3,(H,15,16). The third kappa shape index (κ3) is 1.76. The Bertz CT molecular complexity index is 696.